The zero-order valence-corrected chi connectivity index (χ0v) is 18.1. The number of benzene rings is 2. The number of piperidine rings is 1. The molecule has 2 aromatic carbocycles. The van der Waals surface area contributed by atoms with Crippen LogP contribution in [0.25, 0.3) is 21.7 Å². The van der Waals surface area contributed by atoms with Gasteiger partial charge in [0.25, 0.3) is 0 Å². The summed E-state index contributed by atoms with van der Waals surface area (Å²) in [6.07, 6.45) is 3.72. The fraction of sp³-hybridized carbons (Fsp3) is 0.346. The van der Waals surface area contributed by atoms with E-state index < -0.39 is 11.7 Å². The number of fused-ring (bicyclic) bond motifs is 2. The van der Waals surface area contributed by atoms with Crippen LogP contribution in [0.15, 0.2) is 65.5 Å². The first-order chi connectivity index (χ1) is 16.0. The smallest absolute Gasteiger partial charge is 0.420 e. The van der Waals surface area contributed by atoms with Gasteiger partial charge in [-0.15, -0.1) is 0 Å². The number of hydrogen-bond donors (Lipinski definition) is 0. The molecule has 0 aliphatic carbocycles. The molecular weight excluding hydrogens is 429 g/mol. The number of pyridine rings is 1. The van der Waals surface area contributed by atoms with Gasteiger partial charge < -0.3 is 14.1 Å². The number of hydrogen-bond acceptors (Lipinski definition) is 4. The quantitative estimate of drug-likeness (QED) is 0.306. The van der Waals surface area contributed by atoms with Gasteiger partial charge in [-0.2, -0.15) is 13.2 Å². The Morgan fingerprint density at radius 2 is 1.82 bits per heavy atom. The molecule has 1 aliphatic rings. The van der Waals surface area contributed by atoms with Gasteiger partial charge in [-0.3, -0.25) is 4.98 Å². The van der Waals surface area contributed by atoms with E-state index in [-0.39, 0.29) is 5.58 Å². The third kappa shape index (κ3) is 4.55. The fourth-order valence-electron chi connectivity index (χ4n) is 4.79. The molecule has 33 heavy (non-hydrogen) atoms. The van der Waals surface area contributed by atoms with Crippen LogP contribution < -0.4 is 4.74 Å². The van der Waals surface area contributed by atoms with Gasteiger partial charge >= 0.3 is 6.18 Å². The molecule has 1 aliphatic heterocycles. The second-order valence-corrected chi connectivity index (χ2v) is 8.54. The van der Waals surface area contributed by atoms with Crippen LogP contribution in [-0.4, -0.2) is 36.1 Å². The molecule has 172 valence electrons. The van der Waals surface area contributed by atoms with E-state index >= 15 is 0 Å². The summed E-state index contributed by atoms with van der Waals surface area (Å²) in [5, 5.41) is 2.83. The van der Waals surface area contributed by atoms with Crippen molar-refractivity contribution in [3.05, 3.63) is 72.2 Å². The minimum absolute atomic E-state index is 0.176. The van der Waals surface area contributed by atoms with Crippen LogP contribution in [0.2, 0.25) is 0 Å². The lowest BCUT2D eigenvalue weighted by atomic mass is 9.87. The highest BCUT2D eigenvalue weighted by atomic mass is 19.4. The molecule has 3 heterocycles. The standard InChI is InChI=1S/C26H25F3N2O2/c27-26(28,29)23-6-7-24(21-10-15-33-25(21)23)32-14-3-11-31-12-8-18(9-13-31)22-17-30-16-19-4-1-2-5-20(19)22/h1-2,4-7,10,15-18H,3,8-9,11-14H2. The first kappa shape index (κ1) is 21.8. The van der Waals surface area contributed by atoms with Crippen molar-refractivity contribution >= 4 is 21.7 Å². The van der Waals surface area contributed by atoms with Gasteiger partial charge in [0.15, 0.2) is 0 Å². The van der Waals surface area contributed by atoms with Crippen LogP contribution in [0.5, 0.6) is 5.75 Å². The molecule has 7 heteroatoms. The minimum Gasteiger partial charge on any atom is -0.493 e. The molecule has 0 atom stereocenters. The molecule has 2 aromatic heterocycles. The van der Waals surface area contributed by atoms with Crippen molar-refractivity contribution in [3.8, 4) is 5.75 Å². The predicted molar refractivity (Wildman–Crippen MR) is 121 cm³/mol. The topological polar surface area (TPSA) is 38.5 Å². The molecule has 0 amide bonds. The Bertz CT molecular complexity index is 1240. The van der Waals surface area contributed by atoms with Crippen LogP contribution in [0, 0.1) is 0 Å². The Kier molecular flexibility index (Phi) is 5.98. The molecule has 1 fully saturated rings. The van der Waals surface area contributed by atoms with E-state index in [0.29, 0.717) is 23.7 Å². The molecule has 0 radical (unpaired) electrons. The third-order valence-electron chi connectivity index (χ3n) is 6.48. The molecule has 0 saturated carbocycles. The molecule has 0 bridgehead atoms. The third-order valence-corrected chi connectivity index (χ3v) is 6.48. The van der Waals surface area contributed by atoms with Crippen LogP contribution in [0.3, 0.4) is 0 Å². The van der Waals surface area contributed by atoms with E-state index in [1.54, 1.807) is 0 Å². The SMILES string of the molecule is FC(F)(F)c1ccc(OCCCN2CCC(c3cncc4ccccc34)CC2)c2ccoc12. The first-order valence-corrected chi connectivity index (χ1v) is 11.3. The molecule has 0 N–H and O–H groups in total. The van der Waals surface area contributed by atoms with Gasteiger partial charge in [-0.25, -0.2) is 0 Å². The average molecular weight is 454 g/mol. The van der Waals surface area contributed by atoms with Gasteiger partial charge in [0, 0.05) is 24.3 Å². The maximum atomic E-state index is 13.1. The summed E-state index contributed by atoms with van der Waals surface area (Å²) in [5.74, 6) is 0.937. The van der Waals surface area contributed by atoms with Crippen LogP contribution in [-0.2, 0) is 6.18 Å². The average Bonchev–Trinajstić information content (AvgIpc) is 3.31. The first-order valence-electron chi connectivity index (χ1n) is 11.3. The van der Waals surface area contributed by atoms with Gasteiger partial charge in [-0.05, 0) is 67.4 Å². The van der Waals surface area contributed by atoms with Crippen molar-refractivity contribution in [2.45, 2.75) is 31.4 Å². The van der Waals surface area contributed by atoms with Gasteiger partial charge in [0.05, 0.1) is 23.8 Å². The highest BCUT2D eigenvalue weighted by Crippen LogP contribution is 2.39. The normalized spacial score (nSPS) is 16.0. The van der Waals surface area contributed by atoms with E-state index in [1.165, 1.54) is 34.7 Å². The maximum absolute atomic E-state index is 13.1. The number of aromatic nitrogens is 1. The lowest BCUT2D eigenvalue weighted by Gasteiger charge is -2.32. The minimum atomic E-state index is -4.46. The number of rotatable bonds is 6. The Morgan fingerprint density at radius 1 is 1.00 bits per heavy atom. The summed E-state index contributed by atoms with van der Waals surface area (Å²) in [6, 6.07) is 12.3. The van der Waals surface area contributed by atoms with Crippen LogP contribution in [0.1, 0.15) is 36.3 Å². The summed E-state index contributed by atoms with van der Waals surface area (Å²) in [5.41, 5.74) is 0.381. The molecule has 4 nitrogen and oxygen atoms in total. The number of ether oxygens (including phenoxy) is 1. The zero-order chi connectivity index (χ0) is 22.8. The van der Waals surface area contributed by atoms with E-state index in [0.717, 1.165) is 45.0 Å². The van der Waals surface area contributed by atoms with E-state index in [4.69, 9.17) is 9.15 Å². The maximum Gasteiger partial charge on any atom is 0.420 e. The second-order valence-electron chi connectivity index (χ2n) is 8.54. The molecule has 0 unspecified atom stereocenters. The van der Waals surface area contributed by atoms with E-state index in [9.17, 15) is 13.2 Å². The van der Waals surface area contributed by atoms with Gasteiger partial charge in [0.2, 0.25) is 0 Å². The number of nitrogens with zero attached hydrogens (tertiary/aromatic N) is 2. The zero-order valence-electron chi connectivity index (χ0n) is 18.1. The Balaban J connectivity index is 1.13. The highest BCUT2D eigenvalue weighted by molar-refractivity contribution is 5.87. The summed E-state index contributed by atoms with van der Waals surface area (Å²) in [7, 11) is 0. The summed E-state index contributed by atoms with van der Waals surface area (Å²) >= 11 is 0. The number of halogens is 3. The Morgan fingerprint density at radius 3 is 2.64 bits per heavy atom. The van der Waals surface area contributed by atoms with Crippen molar-refractivity contribution in [1.29, 1.82) is 0 Å². The fourth-order valence-corrected chi connectivity index (χ4v) is 4.79. The number of alkyl halides is 3. The van der Waals surface area contributed by atoms with Crippen LogP contribution >= 0.6 is 0 Å². The monoisotopic (exact) mass is 454 g/mol. The second kappa shape index (κ2) is 9.06. The van der Waals surface area contributed by atoms with Gasteiger partial charge in [-0.1, -0.05) is 24.3 Å². The van der Waals surface area contributed by atoms with Gasteiger partial charge in [0.1, 0.15) is 11.3 Å². The van der Waals surface area contributed by atoms with Crippen molar-refractivity contribution in [1.82, 2.24) is 9.88 Å². The van der Waals surface area contributed by atoms with Crippen molar-refractivity contribution in [2.24, 2.45) is 0 Å². The lowest BCUT2D eigenvalue weighted by molar-refractivity contribution is -0.136. The molecule has 1 saturated heterocycles. The van der Waals surface area contributed by atoms with Crippen molar-refractivity contribution < 1.29 is 22.3 Å². The molecule has 0 spiro atoms. The number of furan rings is 1. The summed E-state index contributed by atoms with van der Waals surface area (Å²) in [6.45, 7) is 3.37. The summed E-state index contributed by atoms with van der Waals surface area (Å²) in [4.78, 5) is 6.86. The predicted octanol–water partition coefficient (Wildman–Crippen LogP) is 6.65. The van der Waals surface area contributed by atoms with Crippen molar-refractivity contribution in [2.75, 3.05) is 26.2 Å². The molecular formula is C26H25F3N2O2. The lowest BCUT2D eigenvalue weighted by Crippen LogP contribution is -2.34. The van der Waals surface area contributed by atoms with Crippen LogP contribution in [0.4, 0.5) is 13.2 Å². The summed E-state index contributed by atoms with van der Waals surface area (Å²) < 4.78 is 50.3. The molecule has 4 aromatic rings. The van der Waals surface area contributed by atoms with E-state index in [1.807, 2.05) is 18.5 Å². The Labute approximate surface area is 190 Å². The van der Waals surface area contributed by atoms with E-state index in [2.05, 4.69) is 28.1 Å². The largest absolute Gasteiger partial charge is 0.493 e. The highest BCUT2D eigenvalue weighted by Gasteiger charge is 2.34. The number of likely N-dealkylation sites (tertiary alicyclic amines) is 1. The van der Waals surface area contributed by atoms with Crippen molar-refractivity contribution in [3.63, 3.8) is 0 Å². The molecule has 5 rings (SSSR count). The Hall–Kier alpha value is -3.06.